The van der Waals surface area contributed by atoms with Crippen LogP contribution in [0.25, 0.3) is 0 Å². The van der Waals surface area contributed by atoms with Crippen molar-refractivity contribution in [3.8, 4) is 0 Å². The van der Waals surface area contributed by atoms with Gasteiger partial charge in [0.05, 0.1) is 0 Å². The predicted octanol–water partition coefficient (Wildman–Crippen LogP) is 3.93. The molecule has 21 heavy (non-hydrogen) atoms. The molecule has 0 spiro atoms. The molecule has 1 aromatic carbocycles. The van der Waals surface area contributed by atoms with E-state index in [0.717, 1.165) is 29.4 Å². The highest BCUT2D eigenvalue weighted by atomic mass is 32.2. The summed E-state index contributed by atoms with van der Waals surface area (Å²) in [7, 11) is 0. The molecule has 0 radical (unpaired) electrons. The average Bonchev–Trinajstić information content (AvgIpc) is 2.89. The fourth-order valence-corrected chi connectivity index (χ4v) is 6.63. The molecule has 2 nitrogen and oxygen atoms in total. The summed E-state index contributed by atoms with van der Waals surface area (Å²) in [5, 5.41) is 6.53. The first kappa shape index (κ1) is 13.0. The Morgan fingerprint density at radius 3 is 2.19 bits per heavy atom. The van der Waals surface area contributed by atoms with Crippen LogP contribution < -0.4 is 0 Å². The predicted molar refractivity (Wildman–Crippen MR) is 87.2 cm³/mol. The molecular formula is C18H24N2S. The summed E-state index contributed by atoms with van der Waals surface area (Å²) in [6.45, 7) is 0. The van der Waals surface area contributed by atoms with Gasteiger partial charge in [-0.25, -0.2) is 10.0 Å². The number of hydrogen-bond acceptors (Lipinski definition) is 3. The van der Waals surface area contributed by atoms with Crippen LogP contribution in [-0.2, 0) is 0 Å². The second-order valence-corrected chi connectivity index (χ2v) is 8.54. The van der Waals surface area contributed by atoms with Crippen molar-refractivity contribution in [2.75, 3.05) is 0 Å². The first-order valence-corrected chi connectivity index (χ1v) is 9.56. The van der Waals surface area contributed by atoms with Crippen LogP contribution in [0.4, 0.5) is 0 Å². The molecule has 0 aromatic heterocycles. The van der Waals surface area contributed by atoms with Crippen LogP contribution in [0.5, 0.6) is 0 Å². The van der Waals surface area contributed by atoms with Gasteiger partial charge in [-0.05, 0) is 57.1 Å². The SMILES string of the molecule is c1ccc(S[C@H]2CC[C@H]3C[C@@H]2N2C4CCC(CC4)N32)cc1. The summed E-state index contributed by atoms with van der Waals surface area (Å²) in [4.78, 5) is 1.46. The third kappa shape index (κ3) is 2.01. The summed E-state index contributed by atoms with van der Waals surface area (Å²) in [6.07, 6.45) is 10.1. The van der Waals surface area contributed by atoms with Gasteiger partial charge in [0.2, 0.25) is 0 Å². The van der Waals surface area contributed by atoms with Gasteiger partial charge < -0.3 is 0 Å². The van der Waals surface area contributed by atoms with Gasteiger partial charge in [-0.1, -0.05) is 18.2 Å². The van der Waals surface area contributed by atoms with Gasteiger partial charge in [-0.15, -0.1) is 11.8 Å². The van der Waals surface area contributed by atoms with Crippen molar-refractivity contribution in [1.29, 1.82) is 0 Å². The van der Waals surface area contributed by atoms with E-state index < -0.39 is 0 Å². The lowest BCUT2D eigenvalue weighted by molar-refractivity contribution is -0.153. The molecule has 0 N–H and O–H groups in total. The Morgan fingerprint density at radius 1 is 0.762 bits per heavy atom. The van der Waals surface area contributed by atoms with Crippen molar-refractivity contribution >= 4 is 11.8 Å². The Labute approximate surface area is 131 Å². The molecule has 2 saturated carbocycles. The summed E-state index contributed by atoms with van der Waals surface area (Å²) in [6, 6.07) is 14.5. The van der Waals surface area contributed by atoms with Gasteiger partial charge in [0.25, 0.3) is 0 Å². The van der Waals surface area contributed by atoms with E-state index in [1.54, 1.807) is 0 Å². The largest absolute Gasteiger partial charge is 0.235 e. The van der Waals surface area contributed by atoms with Gasteiger partial charge in [0.1, 0.15) is 0 Å². The van der Waals surface area contributed by atoms with E-state index in [4.69, 9.17) is 0 Å². The van der Waals surface area contributed by atoms with Crippen LogP contribution in [-0.4, -0.2) is 39.4 Å². The highest BCUT2D eigenvalue weighted by Gasteiger charge is 2.54. The van der Waals surface area contributed by atoms with E-state index in [1.165, 1.54) is 49.8 Å². The molecule has 4 bridgehead atoms. The lowest BCUT2D eigenvalue weighted by Gasteiger charge is -2.53. The monoisotopic (exact) mass is 300 g/mol. The Bertz CT molecular complexity index is 511. The number of fused-ring (bicyclic) bond motifs is 4. The molecule has 0 unspecified atom stereocenters. The first-order chi connectivity index (χ1) is 10.4. The van der Waals surface area contributed by atoms with Crippen molar-refractivity contribution in [1.82, 2.24) is 10.0 Å². The number of rotatable bonds is 2. The summed E-state index contributed by atoms with van der Waals surface area (Å²) < 4.78 is 0. The Hall–Kier alpha value is -0.510. The maximum atomic E-state index is 2.87. The molecule has 3 heteroatoms. The minimum absolute atomic E-state index is 0.799. The molecule has 6 rings (SSSR count). The van der Waals surface area contributed by atoms with Gasteiger partial charge in [-0.3, -0.25) is 0 Å². The Morgan fingerprint density at radius 2 is 1.43 bits per heavy atom. The van der Waals surface area contributed by atoms with Crippen LogP contribution in [0.2, 0.25) is 0 Å². The van der Waals surface area contributed by atoms with Gasteiger partial charge >= 0.3 is 0 Å². The smallest absolute Gasteiger partial charge is 0.0387 e. The maximum Gasteiger partial charge on any atom is 0.0387 e. The van der Waals surface area contributed by atoms with Gasteiger partial charge in [0.15, 0.2) is 0 Å². The maximum absolute atomic E-state index is 2.87. The molecule has 0 amide bonds. The van der Waals surface area contributed by atoms with Gasteiger partial charge in [0, 0.05) is 34.3 Å². The minimum Gasteiger partial charge on any atom is -0.235 e. The van der Waals surface area contributed by atoms with Crippen LogP contribution in [0, 0.1) is 0 Å². The van der Waals surface area contributed by atoms with Crippen molar-refractivity contribution < 1.29 is 0 Å². The van der Waals surface area contributed by atoms with Gasteiger partial charge in [-0.2, -0.15) is 0 Å². The summed E-state index contributed by atoms with van der Waals surface area (Å²) in [5.74, 6) is 0. The van der Waals surface area contributed by atoms with Crippen molar-refractivity contribution in [2.24, 2.45) is 0 Å². The Balaban J connectivity index is 1.41. The fraction of sp³-hybridized carbons (Fsp3) is 0.667. The normalized spacial score (nSPS) is 42.2. The third-order valence-corrected chi connectivity index (χ3v) is 7.55. The molecule has 2 aliphatic carbocycles. The topological polar surface area (TPSA) is 6.48 Å². The van der Waals surface area contributed by atoms with E-state index in [2.05, 4.69) is 52.1 Å². The van der Waals surface area contributed by atoms with E-state index >= 15 is 0 Å². The van der Waals surface area contributed by atoms with Crippen molar-refractivity contribution in [3.63, 3.8) is 0 Å². The number of hydrazine groups is 1. The molecule has 5 aliphatic rings. The average molecular weight is 300 g/mol. The highest BCUT2D eigenvalue weighted by Crippen LogP contribution is 2.50. The molecule has 3 saturated heterocycles. The fourth-order valence-electron chi connectivity index (χ4n) is 5.32. The molecule has 112 valence electrons. The number of hydrogen-bond donors (Lipinski definition) is 0. The van der Waals surface area contributed by atoms with E-state index in [-0.39, 0.29) is 0 Å². The quantitative estimate of drug-likeness (QED) is 0.817. The van der Waals surface area contributed by atoms with Crippen LogP contribution in [0.1, 0.15) is 44.9 Å². The number of thioether (sulfide) groups is 1. The zero-order valence-corrected chi connectivity index (χ0v) is 13.3. The summed E-state index contributed by atoms with van der Waals surface area (Å²) >= 11 is 2.14. The molecule has 3 aliphatic heterocycles. The highest BCUT2D eigenvalue weighted by molar-refractivity contribution is 8.00. The standard InChI is InChI=1S/C18H24N2S/c1-2-4-16(5-3-1)21-18-11-10-15-12-17(18)20-14-8-6-13(7-9-14)19(15)20/h1-5,13-15,17-18H,6-12H2/t13?,14?,15-,17-,18-/m0/s1. The molecule has 3 heterocycles. The van der Waals surface area contributed by atoms with Crippen LogP contribution in [0.15, 0.2) is 35.2 Å². The number of nitrogens with zero attached hydrogens (tertiary/aromatic N) is 2. The van der Waals surface area contributed by atoms with E-state index in [9.17, 15) is 0 Å². The molecule has 1 aromatic rings. The molecule has 3 atom stereocenters. The first-order valence-electron chi connectivity index (χ1n) is 8.68. The van der Waals surface area contributed by atoms with Crippen molar-refractivity contribution in [3.05, 3.63) is 30.3 Å². The van der Waals surface area contributed by atoms with Crippen LogP contribution >= 0.6 is 11.8 Å². The third-order valence-electron chi connectivity index (χ3n) is 6.15. The zero-order chi connectivity index (χ0) is 13.8. The minimum atomic E-state index is 0.799. The van der Waals surface area contributed by atoms with E-state index in [0.29, 0.717) is 0 Å². The van der Waals surface area contributed by atoms with Crippen molar-refractivity contribution in [2.45, 2.75) is 79.3 Å². The second kappa shape index (κ2) is 5.00. The summed E-state index contributed by atoms with van der Waals surface area (Å²) in [5.41, 5.74) is 0. The lowest BCUT2D eigenvalue weighted by atomic mass is 9.87. The van der Waals surface area contributed by atoms with Crippen LogP contribution in [0.3, 0.4) is 0 Å². The second-order valence-electron chi connectivity index (χ2n) is 7.23. The molecule has 5 fully saturated rings. The van der Waals surface area contributed by atoms with E-state index in [1.807, 2.05) is 0 Å². The Kier molecular flexibility index (Phi) is 3.09. The lowest BCUT2D eigenvalue weighted by Crippen LogP contribution is -2.61. The number of benzene rings is 1. The molecular weight excluding hydrogens is 276 g/mol. The zero-order valence-electron chi connectivity index (χ0n) is 12.5.